The highest BCUT2D eigenvalue weighted by Crippen LogP contribution is 2.22. The van der Waals surface area contributed by atoms with Crippen molar-refractivity contribution in [3.8, 4) is 11.4 Å². The molecule has 0 aliphatic carbocycles. The summed E-state index contributed by atoms with van der Waals surface area (Å²) in [5, 5.41) is 0. The fourth-order valence-electron chi connectivity index (χ4n) is 1.83. The Balaban J connectivity index is 2.48. The summed E-state index contributed by atoms with van der Waals surface area (Å²) < 4.78 is 18.3. The Morgan fingerprint density at radius 1 is 1.38 bits per heavy atom. The number of anilines is 1. The molecule has 0 saturated heterocycles. The summed E-state index contributed by atoms with van der Waals surface area (Å²) in [4.78, 5) is 22.0. The number of hydrogen-bond donors (Lipinski definition) is 0. The fraction of sp³-hybridized carbons (Fsp3) is 0.267. The Labute approximate surface area is 122 Å². The van der Waals surface area contributed by atoms with Crippen LogP contribution in [0.15, 0.2) is 30.5 Å². The number of rotatable bonds is 4. The molecule has 2 aromatic rings. The van der Waals surface area contributed by atoms with Crippen LogP contribution < -0.4 is 4.90 Å². The van der Waals surface area contributed by atoms with Gasteiger partial charge in [0, 0.05) is 25.9 Å². The summed E-state index contributed by atoms with van der Waals surface area (Å²) >= 11 is 0. The largest absolute Gasteiger partial charge is 0.462 e. The zero-order valence-electron chi connectivity index (χ0n) is 12.1. The average molecular weight is 289 g/mol. The topological polar surface area (TPSA) is 55.3 Å². The van der Waals surface area contributed by atoms with Crippen molar-refractivity contribution < 1.29 is 13.9 Å². The van der Waals surface area contributed by atoms with E-state index < -0.39 is 5.97 Å². The number of nitrogens with zero attached hydrogens (tertiary/aromatic N) is 3. The molecule has 0 N–H and O–H groups in total. The fourth-order valence-corrected chi connectivity index (χ4v) is 1.83. The van der Waals surface area contributed by atoms with E-state index in [0.717, 1.165) is 0 Å². The van der Waals surface area contributed by atoms with Gasteiger partial charge in [0.1, 0.15) is 17.2 Å². The van der Waals surface area contributed by atoms with Crippen LogP contribution in [0.1, 0.15) is 17.3 Å². The van der Waals surface area contributed by atoms with Gasteiger partial charge in [0.05, 0.1) is 6.61 Å². The Bertz CT molecular complexity index is 659. The Morgan fingerprint density at radius 3 is 2.76 bits per heavy atom. The third-order valence-corrected chi connectivity index (χ3v) is 2.77. The van der Waals surface area contributed by atoms with Crippen LogP contribution in [0, 0.1) is 5.82 Å². The van der Waals surface area contributed by atoms with Gasteiger partial charge in [-0.05, 0) is 19.1 Å². The Morgan fingerprint density at radius 2 is 2.14 bits per heavy atom. The number of aromatic nitrogens is 2. The highest BCUT2D eigenvalue weighted by molar-refractivity contribution is 5.94. The van der Waals surface area contributed by atoms with Gasteiger partial charge in [-0.2, -0.15) is 0 Å². The van der Waals surface area contributed by atoms with E-state index in [-0.39, 0.29) is 18.0 Å². The van der Waals surface area contributed by atoms with E-state index in [1.54, 1.807) is 38.1 Å². The molecule has 1 heterocycles. The van der Waals surface area contributed by atoms with Gasteiger partial charge in [0.15, 0.2) is 5.82 Å². The number of esters is 1. The van der Waals surface area contributed by atoms with E-state index in [4.69, 9.17) is 4.74 Å². The van der Waals surface area contributed by atoms with Crippen LogP contribution in [0.4, 0.5) is 10.2 Å². The predicted octanol–water partition coefficient (Wildman–Crippen LogP) is 2.53. The lowest BCUT2D eigenvalue weighted by molar-refractivity contribution is 0.0526. The van der Waals surface area contributed by atoms with Gasteiger partial charge in [-0.15, -0.1) is 0 Å². The van der Waals surface area contributed by atoms with Crippen LogP contribution >= 0.6 is 0 Å². The van der Waals surface area contributed by atoms with Crippen LogP contribution in [0.5, 0.6) is 0 Å². The number of carbonyl (C=O) groups excluding carboxylic acids is 1. The molecule has 110 valence electrons. The van der Waals surface area contributed by atoms with Crippen LogP contribution in [0.25, 0.3) is 11.4 Å². The molecule has 0 bridgehead atoms. The first-order valence-electron chi connectivity index (χ1n) is 6.50. The van der Waals surface area contributed by atoms with E-state index in [9.17, 15) is 9.18 Å². The van der Waals surface area contributed by atoms with Crippen molar-refractivity contribution in [1.82, 2.24) is 9.97 Å². The van der Waals surface area contributed by atoms with Crippen molar-refractivity contribution in [3.05, 3.63) is 41.8 Å². The van der Waals surface area contributed by atoms with Crippen molar-refractivity contribution in [3.63, 3.8) is 0 Å². The monoisotopic (exact) mass is 289 g/mol. The molecule has 0 radical (unpaired) electrons. The summed E-state index contributed by atoms with van der Waals surface area (Å²) in [5.41, 5.74) is 0.829. The maximum Gasteiger partial charge on any atom is 0.343 e. The van der Waals surface area contributed by atoms with Gasteiger partial charge >= 0.3 is 5.97 Å². The summed E-state index contributed by atoms with van der Waals surface area (Å²) in [6.45, 7) is 2.01. The van der Waals surface area contributed by atoms with Crippen LogP contribution in [-0.4, -0.2) is 36.6 Å². The number of halogens is 1. The molecular weight excluding hydrogens is 273 g/mol. The maximum absolute atomic E-state index is 13.3. The minimum absolute atomic E-state index is 0.275. The summed E-state index contributed by atoms with van der Waals surface area (Å²) in [6.07, 6.45) is 1.40. The van der Waals surface area contributed by atoms with Gasteiger partial charge in [-0.3, -0.25) is 0 Å². The number of benzene rings is 1. The zero-order chi connectivity index (χ0) is 15.4. The smallest absolute Gasteiger partial charge is 0.343 e. The van der Waals surface area contributed by atoms with Crippen molar-refractivity contribution in [2.75, 3.05) is 25.6 Å². The average Bonchev–Trinajstić information content (AvgIpc) is 2.46. The molecule has 21 heavy (non-hydrogen) atoms. The second-order valence-electron chi connectivity index (χ2n) is 4.56. The molecule has 1 aromatic heterocycles. The Kier molecular flexibility index (Phi) is 4.47. The van der Waals surface area contributed by atoms with Crippen molar-refractivity contribution in [2.45, 2.75) is 6.92 Å². The molecule has 6 heteroatoms. The van der Waals surface area contributed by atoms with Gasteiger partial charge in [0.2, 0.25) is 0 Å². The molecule has 1 aromatic carbocycles. The van der Waals surface area contributed by atoms with E-state index in [2.05, 4.69) is 9.97 Å². The van der Waals surface area contributed by atoms with Crippen molar-refractivity contribution in [1.29, 1.82) is 0 Å². The van der Waals surface area contributed by atoms with Gasteiger partial charge < -0.3 is 9.64 Å². The SMILES string of the molecule is CCOC(=O)c1cnc(-c2cccc(F)c2)nc1N(C)C. The van der Waals surface area contributed by atoms with Gasteiger partial charge in [0.25, 0.3) is 0 Å². The minimum Gasteiger partial charge on any atom is -0.462 e. The molecule has 0 unspecified atom stereocenters. The minimum atomic E-state index is -0.480. The van der Waals surface area contributed by atoms with Crippen LogP contribution in [0.3, 0.4) is 0 Å². The first kappa shape index (κ1) is 14.9. The highest BCUT2D eigenvalue weighted by atomic mass is 19.1. The quantitative estimate of drug-likeness (QED) is 0.810. The molecule has 0 amide bonds. The van der Waals surface area contributed by atoms with Gasteiger partial charge in [-0.25, -0.2) is 19.2 Å². The third kappa shape index (κ3) is 3.34. The standard InChI is InChI=1S/C15H16FN3O2/c1-4-21-15(20)12-9-17-13(18-14(12)19(2)3)10-6-5-7-11(16)8-10/h5-9H,4H2,1-3H3. The highest BCUT2D eigenvalue weighted by Gasteiger charge is 2.18. The molecule has 0 saturated carbocycles. The number of carbonyl (C=O) groups is 1. The summed E-state index contributed by atoms with van der Waals surface area (Å²) in [5.74, 6) is -0.0575. The molecule has 2 rings (SSSR count). The number of ether oxygens (including phenoxy) is 1. The second kappa shape index (κ2) is 6.30. The molecular formula is C15H16FN3O2. The second-order valence-corrected chi connectivity index (χ2v) is 4.56. The zero-order valence-corrected chi connectivity index (χ0v) is 12.1. The van der Waals surface area contributed by atoms with E-state index in [1.165, 1.54) is 18.3 Å². The van der Waals surface area contributed by atoms with E-state index in [0.29, 0.717) is 17.2 Å². The van der Waals surface area contributed by atoms with Crippen LogP contribution in [0.2, 0.25) is 0 Å². The lowest BCUT2D eigenvalue weighted by Gasteiger charge is -2.16. The van der Waals surface area contributed by atoms with E-state index in [1.807, 2.05) is 0 Å². The lowest BCUT2D eigenvalue weighted by Crippen LogP contribution is -2.18. The normalized spacial score (nSPS) is 10.3. The third-order valence-electron chi connectivity index (χ3n) is 2.77. The molecule has 5 nitrogen and oxygen atoms in total. The van der Waals surface area contributed by atoms with Gasteiger partial charge in [-0.1, -0.05) is 12.1 Å². The maximum atomic E-state index is 13.3. The number of hydrogen-bond acceptors (Lipinski definition) is 5. The first-order valence-corrected chi connectivity index (χ1v) is 6.50. The Hall–Kier alpha value is -2.50. The molecule has 0 fully saturated rings. The summed E-state index contributed by atoms with van der Waals surface area (Å²) in [6, 6.07) is 5.99. The molecule has 0 aliphatic heterocycles. The molecule has 0 aliphatic rings. The van der Waals surface area contributed by atoms with Crippen molar-refractivity contribution >= 4 is 11.8 Å². The van der Waals surface area contributed by atoms with Crippen LogP contribution in [-0.2, 0) is 4.74 Å². The molecule has 0 atom stereocenters. The van der Waals surface area contributed by atoms with Crippen molar-refractivity contribution in [2.24, 2.45) is 0 Å². The predicted molar refractivity (Wildman–Crippen MR) is 77.7 cm³/mol. The first-order chi connectivity index (χ1) is 10.0. The van der Waals surface area contributed by atoms with E-state index >= 15 is 0 Å². The molecule has 0 spiro atoms. The summed E-state index contributed by atoms with van der Waals surface area (Å²) in [7, 11) is 3.53. The lowest BCUT2D eigenvalue weighted by atomic mass is 10.2.